The Morgan fingerprint density at radius 1 is 1.23 bits per heavy atom. The number of carbonyl (C=O) groups excluding carboxylic acids is 1. The first-order valence-electron chi connectivity index (χ1n) is 9.55. The zero-order valence-corrected chi connectivity index (χ0v) is 16.5. The minimum absolute atomic E-state index is 0.263. The fraction of sp³-hybridized carbons (Fsp3) is 0.632. The van der Waals surface area contributed by atoms with Gasteiger partial charge in [0, 0.05) is 18.8 Å². The van der Waals surface area contributed by atoms with E-state index in [0.717, 1.165) is 50.8 Å². The molecule has 1 aromatic rings. The zero-order valence-electron chi connectivity index (χ0n) is 15.6. The lowest BCUT2D eigenvalue weighted by Gasteiger charge is -2.15. The van der Waals surface area contributed by atoms with E-state index in [1.807, 2.05) is 14.1 Å². The van der Waals surface area contributed by atoms with Crippen molar-refractivity contribution in [2.24, 2.45) is 10.3 Å². The number of nitrogens with one attached hydrogen (secondary N) is 2. The quantitative estimate of drug-likeness (QED) is 0.850. The van der Waals surface area contributed by atoms with Gasteiger partial charge < -0.3 is 10.2 Å². The van der Waals surface area contributed by atoms with Gasteiger partial charge in [0.25, 0.3) is 0 Å². The third-order valence-corrected chi connectivity index (χ3v) is 7.62. The summed E-state index contributed by atoms with van der Waals surface area (Å²) in [6.07, 6.45) is 6.49. The average Bonchev–Trinajstić information content (AvgIpc) is 3.26. The number of amides is 2. The van der Waals surface area contributed by atoms with Crippen molar-refractivity contribution in [3.8, 4) is 0 Å². The third kappa shape index (κ3) is 3.52. The molecule has 0 saturated carbocycles. The largest absolute Gasteiger partial charge is 0.354 e. The first-order chi connectivity index (χ1) is 12.4. The van der Waals surface area contributed by atoms with Crippen LogP contribution in [0.4, 0.5) is 10.5 Å². The topological polar surface area (TPSA) is 73.8 Å². The van der Waals surface area contributed by atoms with Crippen molar-refractivity contribution < 1.29 is 9.00 Å². The lowest BCUT2D eigenvalue weighted by molar-refractivity contribution is 0.260. The Labute approximate surface area is 156 Å². The maximum Gasteiger partial charge on any atom is 0.354 e. The average molecular weight is 377 g/mol. The third-order valence-electron chi connectivity index (χ3n) is 5.62. The summed E-state index contributed by atoms with van der Waals surface area (Å²) in [5, 5.41) is 3.02. The summed E-state index contributed by atoms with van der Waals surface area (Å²) in [6, 6.07) is 1.87. The van der Waals surface area contributed by atoms with Gasteiger partial charge in [0.05, 0.1) is 5.75 Å². The highest BCUT2D eigenvalue weighted by atomic mass is 32.2. The predicted molar refractivity (Wildman–Crippen MR) is 105 cm³/mol. The van der Waals surface area contributed by atoms with Crippen molar-refractivity contribution >= 4 is 21.6 Å². The number of hydrogen-bond donors (Lipinski definition) is 2. The summed E-state index contributed by atoms with van der Waals surface area (Å²) in [5.41, 5.74) is 6.25. The van der Waals surface area contributed by atoms with Crippen LogP contribution >= 0.6 is 0 Å². The zero-order chi connectivity index (χ0) is 18.3. The second-order valence-electron chi connectivity index (χ2n) is 8.04. The van der Waals surface area contributed by atoms with E-state index < -0.39 is 15.9 Å². The number of fused-ring (bicyclic) bond motifs is 2. The van der Waals surface area contributed by atoms with Gasteiger partial charge in [-0.1, -0.05) is 6.07 Å². The van der Waals surface area contributed by atoms with E-state index in [-0.39, 0.29) is 5.92 Å². The number of carbonyl (C=O) groups is 1. The molecule has 1 aromatic carbocycles. The summed E-state index contributed by atoms with van der Waals surface area (Å²) in [7, 11) is 1.34. The Hall–Kier alpha value is -1.44. The Morgan fingerprint density at radius 2 is 1.88 bits per heavy atom. The summed E-state index contributed by atoms with van der Waals surface area (Å²) in [6.45, 7) is 1.49. The Kier molecular flexibility index (Phi) is 4.79. The van der Waals surface area contributed by atoms with Crippen LogP contribution in [0.1, 0.15) is 35.1 Å². The highest BCUT2D eigenvalue weighted by Gasteiger charge is 2.29. The first kappa shape index (κ1) is 17.9. The van der Waals surface area contributed by atoms with E-state index in [1.54, 1.807) is 0 Å². The van der Waals surface area contributed by atoms with Gasteiger partial charge in [-0.05, 0) is 80.8 Å². The van der Waals surface area contributed by atoms with Gasteiger partial charge in [-0.15, -0.1) is 4.36 Å². The van der Waals surface area contributed by atoms with Crippen molar-refractivity contribution in [3.05, 3.63) is 28.3 Å². The minimum atomic E-state index is -2.66. The second-order valence-corrected chi connectivity index (χ2v) is 10.1. The summed E-state index contributed by atoms with van der Waals surface area (Å²) >= 11 is 0. The molecule has 4 rings (SSSR count). The molecule has 6 nitrogen and oxygen atoms in total. The molecular formula is C19H28N4O2S. The van der Waals surface area contributed by atoms with Crippen LogP contribution in [-0.2, 0) is 35.6 Å². The summed E-state index contributed by atoms with van der Waals surface area (Å²) in [4.78, 5) is 14.7. The molecule has 1 heterocycles. The molecule has 26 heavy (non-hydrogen) atoms. The van der Waals surface area contributed by atoms with E-state index in [9.17, 15) is 9.00 Å². The molecule has 3 aliphatic rings. The number of hydrogen-bond acceptors (Lipinski definition) is 3. The molecule has 0 bridgehead atoms. The van der Waals surface area contributed by atoms with Gasteiger partial charge in [0.1, 0.15) is 9.92 Å². The molecule has 2 N–H and O–H groups in total. The van der Waals surface area contributed by atoms with Crippen molar-refractivity contribution in [2.45, 2.75) is 38.5 Å². The van der Waals surface area contributed by atoms with Gasteiger partial charge in [0.2, 0.25) is 0 Å². The molecule has 2 atom stereocenters. The summed E-state index contributed by atoms with van der Waals surface area (Å²) < 4.78 is 19.9. The van der Waals surface area contributed by atoms with E-state index >= 15 is 0 Å². The van der Waals surface area contributed by atoms with Crippen LogP contribution in [0.25, 0.3) is 0 Å². The first-order valence-corrected chi connectivity index (χ1v) is 11.2. The predicted octanol–water partition coefficient (Wildman–Crippen LogP) is 2.36. The van der Waals surface area contributed by atoms with Crippen LogP contribution < -0.4 is 10.0 Å². The maximum atomic E-state index is 12.9. The van der Waals surface area contributed by atoms with Crippen LogP contribution in [0.15, 0.2) is 10.4 Å². The van der Waals surface area contributed by atoms with Crippen LogP contribution in [-0.4, -0.2) is 48.1 Å². The van der Waals surface area contributed by atoms with Crippen molar-refractivity contribution in [3.63, 3.8) is 0 Å². The van der Waals surface area contributed by atoms with Gasteiger partial charge in [0.15, 0.2) is 0 Å². The van der Waals surface area contributed by atoms with Gasteiger partial charge >= 0.3 is 6.03 Å². The molecule has 2 amide bonds. The van der Waals surface area contributed by atoms with E-state index in [1.165, 1.54) is 22.3 Å². The maximum absolute atomic E-state index is 12.9. The molecule has 0 spiro atoms. The number of nitrogens with zero attached hydrogens (tertiary/aromatic N) is 2. The standard InChI is InChI=1S/C19H28N4O2S/c1-23(2)11-13-10-20-26(25,12-13)22-19(24)21-18-16-7-3-5-14(16)9-15-6-4-8-17(15)18/h9,13H,3-8,10-12H2,1-2H3,(H2,20,21,22,24,25). The molecule has 142 valence electrons. The number of rotatable bonds is 3. The molecule has 7 heteroatoms. The summed E-state index contributed by atoms with van der Waals surface area (Å²) in [5.74, 6) is 0.697. The Morgan fingerprint density at radius 3 is 2.50 bits per heavy atom. The van der Waals surface area contributed by atoms with E-state index in [2.05, 4.69) is 25.4 Å². The highest BCUT2D eigenvalue weighted by molar-refractivity contribution is 7.92. The Balaban J connectivity index is 1.56. The van der Waals surface area contributed by atoms with Crippen molar-refractivity contribution in [1.82, 2.24) is 9.62 Å². The Bertz CT molecular complexity index is 823. The molecule has 0 radical (unpaired) electrons. The number of aryl methyl sites for hydroxylation is 2. The fourth-order valence-electron chi connectivity index (χ4n) is 4.62. The van der Waals surface area contributed by atoms with Crippen molar-refractivity contribution in [2.75, 3.05) is 38.3 Å². The molecule has 0 aromatic heterocycles. The fourth-order valence-corrected chi connectivity index (χ4v) is 6.55. The minimum Gasteiger partial charge on any atom is -0.309 e. The number of anilines is 1. The van der Waals surface area contributed by atoms with Crippen LogP contribution in [0.2, 0.25) is 0 Å². The molecule has 1 saturated heterocycles. The number of benzene rings is 1. The second kappa shape index (κ2) is 6.94. The molecule has 1 fully saturated rings. The lowest BCUT2D eigenvalue weighted by Crippen LogP contribution is -2.24. The molecule has 2 unspecified atom stereocenters. The number of urea groups is 1. The van der Waals surface area contributed by atoms with E-state index in [0.29, 0.717) is 12.3 Å². The van der Waals surface area contributed by atoms with Crippen LogP contribution in [0, 0.1) is 5.92 Å². The molecular weight excluding hydrogens is 348 g/mol. The lowest BCUT2D eigenvalue weighted by atomic mass is 9.99. The highest BCUT2D eigenvalue weighted by Crippen LogP contribution is 2.38. The van der Waals surface area contributed by atoms with Crippen LogP contribution in [0.5, 0.6) is 0 Å². The monoisotopic (exact) mass is 376 g/mol. The van der Waals surface area contributed by atoms with Crippen molar-refractivity contribution in [1.29, 1.82) is 0 Å². The normalized spacial score (nSPS) is 26.8. The van der Waals surface area contributed by atoms with Crippen LogP contribution in [0.3, 0.4) is 0 Å². The van der Waals surface area contributed by atoms with Gasteiger partial charge in [-0.2, -0.15) is 0 Å². The smallest absolute Gasteiger partial charge is 0.309 e. The van der Waals surface area contributed by atoms with E-state index in [4.69, 9.17) is 0 Å². The van der Waals surface area contributed by atoms with Gasteiger partial charge in [-0.25, -0.2) is 13.7 Å². The molecule has 2 aliphatic carbocycles. The SMILES string of the molecule is CN(C)CC1CNS(=O)(=NC(=O)Nc2c3c(cc4c2CCC4)CCC3)C1. The molecule has 1 aliphatic heterocycles. The van der Waals surface area contributed by atoms with Gasteiger partial charge in [-0.3, -0.25) is 0 Å².